The van der Waals surface area contributed by atoms with Crippen LogP contribution in [0, 0.1) is 5.82 Å². The average Bonchev–Trinajstić information content (AvgIpc) is 2.20. The van der Waals surface area contributed by atoms with Gasteiger partial charge in [-0.25, -0.2) is 4.39 Å². The minimum absolute atomic E-state index is 0.0708. The van der Waals surface area contributed by atoms with Crippen LogP contribution in [0.3, 0.4) is 0 Å². The lowest BCUT2D eigenvalue weighted by Crippen LogP contribution is -2.10. The number of hydrogen-bond acceptors (Lipinski definition) is 1. The highest BCUT2D eigenvalue weighted by molar-refractivity contribution is 9.10. The fraction of sp³-hybridized carbons (Fsp3) is 0.364. The molecule has 0 aliphatic carbocycles. The van der Waals surface area contributed by atoms with Gasteiger partial charge in [0.05, 0.1) is 4.47 Å². The number of rotatable bonds is 4. The molecule has 4 heteroatoms. The van der Waals surface area contributed by atoms with Gasteiger partial charge in [-0.15, -0.1) is 0 Å². The van der Waals surface area contributed by atoms with Crippen LogP contribution in [0.25, 0.3) is 0 Å². The van der Waals surface area contributed by atoms with Gasteiger partial charge in [0, 0.05) is 12.1 Å². The lowest BCUT2D eigenvalue weighted by Gasteiger charge is -2.05. The van der Waals surface area contributed by atoms with Gasteiger partial charge in [0.25, 0.3) is 0 Å². The zero-order valence-corrected chi connectivity index (χ0v) is 10.1. The predicted octanol–water partition coefficient (Wildman–Crippen LogP) is 3.72. The van der Waals surface area contributed by atoms with E-state index >= 15 is 0 Å². The monoisotopic (exact) mass is 273 g/mol. The third-order valence-corrected chi connectivity index (χ3v) is 2.60. The molecule has 0 fully saturated rings. The first-order valence-corrected chi connectivity index (χ1v) is 5.67. The molecule has 2 nitrogen and oxygen atoms in total. The van der Waals surface area contributed by atoms with Gasteiger partial charge in [0.2, 0.25) is 5.91 Å². The Morgan fingerprint density at radius 1 is 1.53 bits per heavy atom. The van der Waals surface area contributed by atoms with Crippen molar-refractivity contribution in [2.24, 2.45) is 0 Å². The van der Waals surface area contributed by atoms with Gasteiger partial charge in [-0.3, -0.25) is 4.79 Å². The van der Waals surface area contributed by atoms with Gasteiger partial charge in [0.1, 0.15) is 5.82 Å². The highest BCUT2D eigenvalue weighted by Gasteiger charge is 2.04. The second kappa shape index (κ2) is 5.85. The van der Waals surface area contributed by atoms with Crippen molar-refractivity contribution in [1.82, 2.24) is 0 Å². The first-order chi connectivity index (χ1) is 7.13. The van der Waals surface area contributed by atoms with Crippen molar-refractivity contribution in [3.63, 3.8) is 0 Å². The fourth-order valence-corrected chi connectivity index (χ4v) is 1.38. The maximum absolute atomic E-state index is 13.1. The van der Waals surface area contributed by atoms with Crippen molar-refractivity contribution in [1.29, 1.82) is 0 Å². The first-order valence-electron chi connectivity index (χ1n) is 4.88. The Hall–Kier alpha value is -0.900. The van der Waals surface area contributed by atoms with E-state index in [9.17, 15) is 9.18 Å². The number of carbonyl (C=O) groups excluding carboxylic acids is 1. The molecular weight excluding hydrogens is 261 g/mol. The number of halogens is 2. The summed E-state index contributed by atoms with van der Waals surface area (Å²) in [6.45, 7) is 2.02. The molecule has 1 N–H and O–H groups in total. The quantitative estimate of drug-likeness (QED) is 0.890. The number of benzene rings is 1. The molecule has 0 heterocycles. The average molecular weight is 274 g/mol. The van der Waals surface area contributed by atoms with Crippen molar-refractivity contribution in [3.8, 4) is 0 Å². The molecule has 1 aromatic rings. The van der Waals surface area contributed by atoms with E-state index in [0.717, 1.165) is 12.8 Å². The van der Waals surface area contributed by atoms with Gasteiger partial charge in [-0.1, -0.05) is 13.3 Å². The van der Waals surface area contributed by atoms with Crippen LogP contribution in [0.2, 0.25) is 0 Å². The van der Waals surface area contributed by atoms with Gasteiger partial charge in [-0.05, 0) is 40.5 Å². The van der Waals surface area contributed by atoms with E-state index in [1.165, 1.54) is 6.07 Å². The molecule has 0 saturated heterocycles. The normalized spacial score (nSPS) is 10.1. The van der Waals surface area contributed by atoms with Crippen molar-refractivity contribution in [3.05, 3.63) is 28.5 Å². The number of hydrogen-bond donors (Lipinski definition) is 1. The van der Waals surface area contributed by atoms with E-state index in [1.54, 1.807) is 12.1 Å². The third kappa shape index (κ3) is 4.00. The maximum Gasteiger partial charge on any atom is 0.224 e. The summed E-state index contributed by atoms with van der Waals surface area (Å²) in [5.41, 5.74) is 0.497. The molecule has 0 atom stereocenters. The van der Waals surface area contributed by atoms with Gasteiger partial charge >= 0.3 is 0 Å². The summed E-state index contributed by atoms with van der Waals surface area (Å²) >= 11 is 3.05. The van der Waals surface area contributed by atoms with E-state index in [-0.39, 0.29) is 11.7 Å². The number of amides is 1. The molecule has 0 aliphatic heterocycles. The summed E-state index contributed by atoms with van der Waals surface area (Å²) in [5, 5.41) is 2.64. The standard InChI is InChI=1S/C11H13BrFNO/c1-2-3-4-11(15)14-8-5-6-9(12)10(13)7-8/h5-7H,2-4H2,1H3,(H,14,15). The fourth-order valence-electron chi connectivity index (χ4n) is 1.13. The van der Waals surface area contributed by atoms with Crippen LogP contribution >= 0.6 is 15.9 Å². The zero-order valence-electron chi connectivity index (χ0n) is 8.52. The van der Waals surface area contributed by atoms with Gasteiger partial charge < -0.3 is 5.32 Å². The molecule has 0 saturated carbocycles. The smallest absolute Gasteiger partial charge is 0.224 e. The Morgan fingerprint density at radius 2 is 2.27 bits per heavy atom. The number of carbonyl (C=O) groups is 1. The summed E-state index contributed by atoms with van der Waals surface area (Å²) in [7, 11) is 0. The lowest BCUT2D eigenvalue weighted by atomic mass is 10.2. The van der Waals surface area contributed by atoms with E-state index in [2.05, 4.69) is 21.2 Å². The van der Waals surface area contributed by atoms with Crippen LogP contribution < -0.4 is 5.32 Å². The van der Waals surface area contributed by atoms with Crippen molar-refractivity contribution in [2.45, 2.75) is 26.2 Å². The highest BCUT2D eigenvalue weighted by Crippen LogP contribution is 2.19. The van der Waals surface area contributed by atoms with Gasteiger partial charge in [0.15, 0.2) is 0 Å². The molecule has 0 spiro atoms. The molecule has 0 radical (unpaired) electrons. The lowest BCUT2D eigenvalue weighted by molar-refractivity contribution is -0.116. The van der Waals surface area contributed by atoms with Crippen LogP contribution in [-0.2, 0) is 4.79 Å². The van der Waals surface area contributed by atoms with E-state index in [0.29, 0.717) is 16.6 Å². The Morgan fingerprint density at radius 3 is 2.87 bits per heavy atom. The summed E-state index contributed by atoms with van der Waals surface area (Å²) in [6.07, 6.45) is 2.31. The van der Waals surface area contributed by atoms with E-state index in [4.69, 9.17) is 0 Å². The van der Waals surface area contributed by atoms with Gasteiger partial charge in [-0.2, -0.15) is 0 Å². The number of unbranched alkanes of at least 4 members (excludes halogenated alkanes) is 1. The Balaban J connectivity index is 2.57. The molecule has 15 heavy (non-hydrogen) atoms. The minimum atomic E-state index is -0.372. The van der Waals surface area contributed by atoms with Crippen LogP contribution in [0.15, 0.2) is 22.7 Å². The summed E-state index contributed by atoms with van der Waals surface area (Å²) < 4.78 is 13.5. The second-order valence-corrected chi connectivity index (χ2v) is 4.13. The Kier molecular flexibility index (Phi) is 4.75. The van der Waals surface area contributed by atoms with Crippen molar-refractivity contribution in [2.75, 3.05) is 5.32 Å². The van der Waals surface area contributed by atoms with Crippen molar-refractivity contribution >= 4 is 27.5 Å². The predicted molar refractivity (Wildman–Crippen MR) is 62.3 cm³/mol. The van der Waals surface area contributed by atoms with Crippen LogP contribution in [-0.4, -0.2) is 5.91 Å². The SMILES string of the molecule is CCCCC(=O)Nc1ccc(Br)c(F)c1. The molecular formula is C11H13BrFNO. The van der Waals surface area contributed by atoms with E-state index < -0.39 is 0 Å². The highest BCUT2D eigenvalue weighted by atomic mass is 79.9. The van der Waals surface area contributed by atoms with Crippen LogP contribution in [0.4, 0.5) is 10.1 Å². The summed E-state index contributed by atoms with van der Waals surface area (Å²) in [5.74, 6) is -0.443. The molecule has 0 unspecified atom stereocenters. The molecule has 0 aliphatic rings. The first kappa shape index (κ1) is 12.2. The molecule has 1 amide bonds. The molecule has 0 bridgehead atoms. The van der Waals surface area contributed by atoms with Crippen LogP contribution in [0.5, 0.6) is 0 Å². The Labute approximate surface area is 97.0 Å². The molecule has 0 aromatic heterocycles. The maximum atomic E-state index is 13.1. The van der Waals surface area contributed by atoms with Crippen molar-refractivity contribution < 1.29 is 9.18 Å². The zero-order chi connectivity index (χ0) is 11.3. The molecule has 1 rings (SSSR count). The minimum Gasteiger partial charge on any atom is -0.326 e. The molecule has 82 valence electrons. The Bertz CT molecular complexity index is 354. The number of nitrogens with one attached hydrogen (secondary N) is 1. The number of anilines is 1. The summed E-state index contributed by atoms with van der Waals surface area (Å²) in [6, 6.07) is 4.54. The second-order valence-electron chi connectivity index (χ2n) is 3.28. The molecule has 1 aromatic carbocycles. The largest absolute Gasteiger partial charge is 0.326 e. The topological polar surface area (TPSA) is 29.1 Å². The summed E-state index contributed by atoms with van der Waals surface area (Å²) in [4.78, 5) is 11.3. The third-order valence-electron chi connectivity index (χ3n) is 1.96. The van der Waals surface area contributed by atoms with E-state index in [1.807, 2.05) is 6.92 Å². The van der Waals surface area contributed by atoms with Crippen LogP contribution in [0.1, 0.15) is 26.2 Å².